The van der Waals surface area contributed by atoms with Crippen molar-refractivity contribution in [2.24, 2.45) is 5.92 Å². The fourth-order valence-corrected chi connectivity index (χ4v) is 5.27. The molecule has 0 spiro atoms. The molecule has 140 valence electrons. The topological polar surface area (TPSA) is 26.7 Å². The van der Waals surface area contributed by atoms with Crippen molar-refractivity contribution in [2.45, 2.75) is 45.4 Å². The Hall–Kier alpha value is -1.20. The van der Waals surface area contributed by atoms with Gasteiger partial charge in [-0.1, -0.05) is 24.3 Å². The molecule has 1 atom stereocenters. The lowest BCUT2D eigenvalue weighted by Gasteiger charge is -2.15. The van der Waals surface area contributed by atoms with Crippen molar-refractivity contribution in [3.63, 3.8) is 0 Å². The van der Waals surface area contributed by atoms with Gasteiger partial charge in [-0.3, -0.25) is 9.80 Å². The van der Waals surface area contributed by atoms with Crippen molar-refractivity contribution in [3.05, 3.63) is 57.3 Å². The van der Waals surface area contributed by atoms with Gasteiger partial charge in [0, 0.05) is 24.5 Å². The average Bonchev–Trinajstić information content (AvgIpc) is 3.40. The second-order valence-corrected chi connectivity index (χ2v) is 8.97. The summed E-state index contributed by atoms with van der Waals surface area (Å²) >= 11 is 1.94. The summed E-state index contributed by atoms with van der Waals surface area (Å²) in [5.41, 5.74) is 3.91. The van der Waals surface area contributed by atoms with E-state index in [0.717, 1.165) is 31.0 Å². The van der Waals surface area contributed by atoms with Gasteiger partial charge in [-0.2, -0.15) is 0 Å². The van der Waals surface area contributed by atoms with Crippen molar-refractivity contribution in [2.75, 3.05) is 26.2 Å². The van der Waals surface area contributed by atoms with Gasteiger partial charge in [-0.05, 0) is 79.4 Å². The van der Waals surface area contributed by atoms with Crippen LogP contribution in [0.2, 0.25) is 0 Å². The van der Waals surface area contributed by atoms with Crippen LogP contribution in [0.3, 0.4) is 0 Å². The zero-order valence-electron chi connectivity index (χ0n) is 15.6. The molecule has 2 aliphatic rings. The molecule has 1 aromatic heterocycles. The summed E-state index contributed by atoms with van der Waals surface area (Å²) < 4.78 is 0. The van der Waals surface area contributed by atoms with Crippen molar-refractivity contribution in [1.82, 2.24) is 9.80 Å². The summed E-state index contributed by atoms with van der Waals surface area (Å²) in [5.74, 6) is 0.763. The standard InChI is InChI=1S/C22H30N2OS/c25-16-19-5-3-18(4-6-19)11-20-7-10-24(13-20)15-22-12-21(17-26-22)14-23-8-1-2-9-23/h3-6,12,17,20,25H,1-2,7-11,13-16H2/t20-/m0/s1. The fraction of sp³-hybridized carbons (Fsp3) is 0.545. The Kier molecular flexibility index (Phi) is 6.05. The Balaban J connectivity index is 1.25. The molecule has 2 saturated heterocycles. The Morgan fingerprint density at radius 1 is 0.923 bits per heavy atom. The van der Waals surface area contributed by atoms with E-state index in [1.165, 1.54) is 61.4 Å². The van der Waals surface area contributed by atoms with Gasteiger partial charge in [-0.25, -0.2) is 0 Å². The molecule has 0 saturated carbocycles. The summed E-state index contributed by atoms with van der Waals surface area (Å²) in [6, 6.07) is 10.9. The number of aliphatic hydroxyl groups excluding tert-OH is 1. The summed E-state index contributed by atoms with van der Waals surface area (Å²) in [6.07, 6.45) is 5.20. The second kappa shape index (κ2) is 8.66. The Morgan fingerprint density at radius 2 is 1.69 bits per heavy atom. The molecule has 2 aromatic rings. The van der Waals surface area contributed by atoms with E-state index >= 15 is 0 Å². The first-order chi connectivity index (χ1) is 12.8. The van der Waals surface area contributed by atoms with Crippen molar-refractivity contribution in [3.8, 4) is 0 Å². The molecule has 4 rings (SSSR count). The Bertz CT molecular complexity index is 690. The highest BCUT2D eigenvalue weighted by Gasteiger charge is 2.23. The zero-order chi connectivity index (χ0) is 17.8. The van der Waals surface area contributed by atoms with Crippen LogP contribution in [0.4, 0.5) is 0 Å². The Morgan fingerprint density at radius 3 is 2.46 bits per heavy atom. The number of benzene rings is 1. The monoisotopic (exact) mass is 370 g/mol. The van der Waals surface area contributed by atoms with E-state index in [9.17, 15) is 0 Å². The number of likely N-dealkylation sites (tertiary alicyclic amines) is 2. The molecular weight excluding hydrogens is 340 g/mol. The van der Waals surface area contributed by atoms with Crippen LogP contribution in [-0.2, 0) is 26.1 Å². The molecule has 0 aliphatic carbocycles. The normalized spacial score (nSPS) is 21.7. The van der Waals surface area contributed by atoms with E-state index in [-0.39, 0.29) is 6.61 Å². The predicted molar refractivity (Wildman–Crippen MR) is 108 cm³/mol. The summed E-state index contributed by atoms with van der Waals surface area (Å²) in [7, 11) is 0. The smallest absolute Gasteiger partial charge is 0.0681 e. The van der Waals surface area contributed by atoms with Gasteiger partial charge in [-0.15, -0.1) is 11.3 Å². The molecule has 4 heteroatoms. The lowest BCUT2D eigenvalue weighted by atomic mass is 9.98. The van der Waals surface area contributed by atoms with E-state index in [2.05, 4.69) is 45.5 Å². The van der Waals surface area contributed by atoms with Crippen LogP contribution in [0.25, 0.3) is 0 Å². The summed E-state index contributed by atoms with van der Waals surface area (Å²) in [4.78, 5) is 6.73. The SMILES string of the molecule is OCc1ccc(C[C@@H]2CCN(Cc3cc(CN4CCCC4)cs3)C2)cc1. The van der Waals surface area contributed by atoms with E-state index in [4.69, 9.17) is 5.11 Å². The first-order valence-electron chi connectivity index (χ1n) is 9.98. The van der Waals surface area contributed by atoms with Gasteiger partial charge >= 0.3 is 0 Å². The lowest BCUT2D eigenvalue weighted by Crippen LogP contribution is -2.20. The average molecular weight is 371 g/mol. The van der Waals surface area contributed by atoms with E-state index in [1.807, 2.05) is 11.3 Å². The first kappa shape index (κ1) is 18.2. The van der Waals surface area contributed by atoms with Crippen LogP contribution < -0.4 is 0 Å². The molecule has 3 nitrogen and oxygen atoms in total. The van der Waals surface area contributed by atoms with Gasteiger partial charge < -0.3 is 5.11 Å². The number of hydrogen-bond acceptors (Lipinski definition) is 4. The molecule has 0 amide bonds. The highest BCUT2D eigenvalue weighted by atomic mass is 32.1. The van der Waals surface area contributed by atoms with E-state index < -0.39 is 0 Å². The second-order valence-electron chi connectivity index (χ2n) is 7.97. The maximum atomic E-state index is 9.16. The Labute approximate surface area is 161 Å². The molecule has 0 bridgehead atoms. The molecular formula is C22H30N2OS. The first-order valence-corrected chi connectivity index (χ1v) is 10.9. The van der Waals surface area contributed by atoms with Crippen LogP contribution in [0.15, 0.2) is 35.7 Å². The number of hydrogen-bond donors (Lipinski definition) is 1. The molecule has 0 radical (unpaired) electrons. The van der Waals surface area contributed by atoms with Gasteiger partial charge in [0.15, 0.2) is 0 Å². The molecule has 2 aliphatic heterocycles. The van der Waals surface area contributed by atoms with Crippen LogP contribution in [0.1, 0.15) is 40.8 Å². The lowest BCUT2D eigenvalue weighted by molar-refractivity contribution is 0.282. The van der Waals surface area contributed by atoms with Crippen LogP contribution in [0, 0.1) is 5.92 Å². The largest absolute Gasteiger partial charge is 0.392 e. The summed E-state index contributed by atoms with van der Waals surface area (Å²) in [6.45, 7) is 7.38. The van der Waals surface area contributed by atoms with Crippen molar-refractivity contribution >= 4 is 11.3 Å². The van der Waals surface area contributed by atoms with Crippen LogP contribution in [-0.4, -0.2) is 41.1 Å². The van der Waals surface area contributed by atoms with Crippen molar-refractivity contribution < 1.29 is 5.11 Å². The molecule has 1 N–H and O–H groups in total. The third-order valence-electron chi connectivity index (χ3n) is 5.79. The predicted octanol–water partition coefficient (Wildman–Crippen LogP) is 3.90. The molecule has 3 heterocycles. The number of nitrogens with zero attached hydrogens (tertiary/aromatic N) is 2. The van der Waals surface area contributed by atoms with Crippen LogP contribution >= 0.6 is 11.3 Å². The van der Waals surface area contributed by atoms with E-state index in [1.54, 1.807) is 0 Å². The van der Waals surface area contributed by atoms with Crippen molar-refractivity contribution in [1.29, 1.82) is 0 Å². The third kappa shape index (κ3) is 4.74. The van der Waals surface area contributed by atoms with Gasteiger partial charge in [0.1, 0.15) is 0 Å². The quantitative estimate of drug-likeness (QED) is 0.801. The zero-order valence-corrected chi connectivity index (χ0v) is 16.4. The molecule has 26 heavy (non-hydrogen) atoms. The number of rotatable bonds is 7. The molecule has 2 fully saturated rings. The van der Waals surface area contributed by atoms with Gasteiger partial charge in [0.25, 0.3) is 0 Å². The minimum absolute atomic E-state index is 0.137. The highest BCUT2D eigenvalue weighted by molar-refractivity contribution is 7.10. The van der Waals surface area contributed by atoms with Gasteiger partial charge in [0.2, 0.25) is 0 Å². The maximum Gasteiger partial charge on any atom is 0.0681 e. The third-order valence-corrected chi connectivity index (χ3v) is 6.76. The summed E-state index contributed by atoms with van der Waals surface area (Å²) in [5, 5.41) is 11.5. The minimum atomic E-state index is 0.137. The number of thiophene rings is 1. The minimum Gasteiger partial charge on any atom is -0.392 e. The fourth-order valence-electron chi connectivity index (χ4n) is 4.35. The molecule has 1 aromatic carbocycles. The number of aliphatic hydroxyl groups is 1. The highest BCUT2D eigenvalue weighted by Crippen LogP contribution is 2.25. The maximum absolute atomic E-state index is 9.16. The molecule has 0 unspecified atom stereocenters. The van der Waals surface area contributed by atoms with E-state index in [0.29, 0.717) is 0 Å². The van der Waals surface area contributed by atoms with Crippen LogP contribution in [0.5, 0.6) is 0 Å². The van der Waals surface area contributed by atoms with Gasteiger partial charge in [0.05, 0.1) is 6.61 Å².